The van der Waals surface area contributed by atoms with Crippen LogP contribution in [0.1, 0.15) is 0 Å². The maximum absolute atomic E-state index is 12.1. The highest BCUT2D eigenvalue weighted by atomic mass is 32.2. The van der Waals surface area contributed by atoms with E-state index in [-0.39, 0.29) is 5.91 Å². The Morgan fingerprint density at radius 2 is 2.03 bits per heavy atom. The van der Waals surface area contributed by atoms with E-state index in [1.54, 1.807) is 25.1 Å². The van der Waals surface area contributed by atoms with E-state index in [2.05, 4.69) is 50.0 Å². The van der Waals surface area contributed by atoms with E-state index >= 15 is 0 Å². The third-order valence-corrected chi connectivity index (χ3v) is 6.65. The minimum Gasteiger partial charge on any atom is -0.495 e. The van der Waals surface area contributed by atoms with Gasteiger partial charge in [-0.25, -0.2) is 9.97 Å². The molecule has 0 aliphatic rings. The molecule has 0 atom stereocenters. The van der Waals surface area contributed by atoms with Crippen LogP contribution in [0.3, 0.4) is 0 Å². The van der Waals surface area contributed by atoms with Gasteiger partial charge in [0.1, 0.15) is 5.75 Å². The number of aromatic nitrogens is 3. The van der Waals surface area contributed by atoms with Crippen LogP contribution in [0.5, 0.6) is 5.75 Å². The van der Waals surface area contributed by atoms with Gasteiger partial charge in [-0.05, 0) is 44.4 Å². The van der Waals surface area contributed by atoms with Gasteiger partial charge in [-0.3, -0.25) is 4.79 Å². The Hall–Kier alpha value is -3.82. The van der Waals surface area contributed by atoms with Gasteiger partial charge >= 0.3 is 0 Å². The number of benzene rings is 2. The molecule has 2 N–H and O–H groups in total. The number of carbonyl (C=O) groups excluding carboxylic acids is 1. The first-order chi connectivity index (χ1) is 17.4. The highest BCUT2D eigenvalue weighted by Gasteiger charge is 2.15. The van der Waals surface area contributed by atoms with Crippen molar-refractivity contribution in [1.29, 1.82) is 0 Å². The minimum absolute atomic E-state index is 0.283. The normalized spacial score (nSPS) is 11.0. The number of hydrogen-bond acceptors (Lipinski definition) is 7. The molecule has 0 spiro atoms. The maximum atomic E-state index is 12.1. The lowest BCUT2D eigenvalue weighted by Crippen LogP contribution is -2.15. The van der Waals surface area contributed by atoms with Gasteiger partial charge in [-0.1, -0.05) is 24.8 Å². The molecule has 0 radical (unpaired) electrons. The van der Waals surface area contributed by atoms with Crippen LogP contribution in [0, 0.1) is 0 Å². The third-order valence-electron chi connectivity index (χ3n) is 5.62. The molecule has 9 heteroatoms. The van der Waals surface area contributed by atoms with E-state index in [0.29, 0.717) is 23.1 Å². The number of aryl methyl sites for hydroxylation is 1. The SMILES string of the molecule is C=CC(=O)Nc1cc(Nc2nccc(-c3cn(C)c4ccccc34)n2)c(OC)cc1SCCN(C)C. The number of amides is 1. The molecule has 8 nitrogen and oxygen atoms in total. The van der Waals surface area contributed by atoms with Gasteiger partial charge in [-0.15, -0.1) is 11.8 Å². The fourth-order valence-electron chi connectivity index (χ4n) is 3.80. The monoisotopic (exact) mass is 502 g/mol. The summed E-state index contributed by atoms with van der Waals surface area (Å²) in [6, 6.07) is 13.9. The summed E-state index contributed by atoms with van der Waals surface area (Å²) in [6.45, 7) is 4.47. The fraction of sp³-hybridized carbons (Fsp3) is 0.222. The first-order valence-electron chi connectivity index (χ1n) is 11.5. The minimum atomic E-state index is -0.283. The molecule has 186 valence electrons. The number of anilines is 3. The smallest absolute Gasteiger partial charge is 0.247 e. The largest absolute Gasteiger partial charge is 0.495 e. The number of fused-ring (bicyclic) bond motifs is 1. The van der Waals surface area contributed by atoms with Crippen molar-refractivity contribution < 1.29 is 9.53 Å². The number of nitrogens with zero attached hydrogens (tertiary/aromatic N) is 4. The molecule has 4 rings (SSSR count). The predicted molar refractivity (Wildman–Crippen MR) is 148 cm³/mol. The molecule has 0 aliphatic carbocycles. The van der Waals surface area contributed by atoms with Crippen molar-refractivity contribution in [2.75, 3.05) is 44.1 Å². The van der Waals surface area contributed by atoms with Gasteiger partial charge in [0.2, 0.25) is 11.9 Å². The van der Waals surface area contributed by atoms with Crippen LogP contribution in [-0.4, -0.2) is 58.8 Å². The lowest BCUT2D eigenvalue weighted by atomic mass is 10.1. The summed E-state index contributed by atoms with van der Waals surface area (Å²) < 4.78 is 7.76. The average Bonchev–Trinajstić information content (AvgIpc) is 3.21. The van der Waals surface area contributed by atoms with Crippen molar-refractivity contribution in [2.45, 2.75) is 4.90 Å². The zero-order valence-corrected chi connectivity index (χ0v) is 21.7. The Morgan fingerprint density at radius 1 is 1.22 bits per heavy atom. The fourth-order valence-corrected chi connectivity index (χ4v) is 4.93. The van der Waals surface area contributed by atoms with Crippen LogP contribution >= 0.6 is 11.8 Å². The number of hydrogen-bond donors (Lipinski definition) is 2. The molecule has 0 aliphatic heterocycles. The number of ether oxygens (including phenoxy) is 1. The van der Waals surface area contributed by atoms with Gasteiger partial charge < -0.3 is 24.8 Å². The predicted octanol–water partition coefficient (Wildman–Crippen LogP) is 5.17. The molecular weight excluding hydrogens is 472 g/mol. The molecule has 2 aromatic heterocycles. The Balaban J connectivity index is 1.68. The summed E-state index contributed by atoms with van der Waals surface area (Å²) in [5.41, 5.74) is 4.27. The Labute approximate surface area is 215 Å². The molecule has 0 unspecified atom stereocenters. The molecule has 2 aromatic carbocycles. The summed E-state index contributed by atoms with van der Waals surface area (Å²) in [5.74, 6) is 1.62. The lowest BCUT2D eigenvalue weighted by Gasteiger charge is -2.17. The lowest BCUT2D eigenvalue weighted by molar-refractivity contribution is -0.111. The van der Waals surface area contributed by atoms with Gasteiger partial charge in [0.25, 0.3) is 0 Å². The summed E-state index contributed by atoms with van der Waals surface area (Å²) in [4.78, 5) is 24.3. The van der Waals surface area contributed by atoms with Crippen LogP contribution in [0.4, 0.5) is 17.3 Å². The Kier molecular flexibility index (Phi) is 7.92. The van der Waals surface area contributed by atoms with Crippen LogP contribution in [-0.2, 0) is 11.8 Å². The quantitative estimate of drug-likeness (QED) is 0.229. The maximum Gasteiger partial charge on any atom is 0.247 e. The van der Waals surface area contributed by atoms with Crippen molar-refractivity contribution in [3.63, 3.8) is 0 Å². The van der Waals surface area contributed by atoms with E-state index in [9.17, 15) is 4.79 Å². The number of rotatable bonds is 10. The van der Waals surface area contributed by atoms with Crippen molar-refractivity contribution >= 4 is 45.9 Å². The molecule has 2 heterocycles. The number of nitrogens with one attached hydrogen (secondary N) is 2. The molecular formula is C27H30N6O2S. The third kappa shape index (κ3) is 5.69. The number of methoxy groups -OCH3 is 1. The van der Waals surface area contributed by atoms with E-state index in [1.807, 2.05) is 51.5 Å². The summed E-state index contributed by atoms with van der Waals surface area (Å²) in [5, 5.41) is 7.30. The molecule has 36 heavy (non-hydrogen) atoms. The molecule has 0 saturated heterocycles. The second-order valence-electron chi connectivity index (χ2n) is 8.46. The molecule has 0 bridgehead atoms. The zero-order chi connectivity index (χ0) is 25.7. The van der Waals surface area contributed by atoms with Crippen LogP contribution < -0.4 is 15.4 Å². The summed E-state index contributed by atoms with van der Waals surface area (Å²) in [7, 11) is 7.69. The highest BCUT2D eigenvalue weighted by molar-refractivity contribution is 7.99. The number of carbonyl (C=O) groups is 1. The Bertz CT molecular complexity index is 1400. The molecule has 0 saturated carbocycles. The van der Waals surface area contributed by atoms with Crippen LogP contribution in [0.15, 0.2) is 72.4 Å². The zero-order valence-electron chi connectivity index (χ0n) is 20.9. The topological polar surface area (TPSA) is 84.3 Å². The van der Waals surface area contributed by atoms with E-state index in [1.165, 1.54) is 6.08 Å². The van der Waals surface area contributed by atoms with E-state index < -0.39 is 0 Å². The van der Waals surface area contributed by atoms with Crippen molar-refractivity contribution in [2.24, 2.45) is 7.05 Å². The first-order valence-corrected chi connectivity index (χ1v) is 12.5. The number of para-hydroxylation sites is 1. The highest BCUT2D eigenvalue weighted by Crippen LogP contribution is 2.38. The van der Waals surface area contributed by atoms with Crippen LogP contribution in [0.2, 0.25) is 0 Å². The van der Waals surface area contributed by atoms with E-state index in [0.717, 1.165) is 39.4 Å². The second kappa shape index (κ2) is 11.3. The number of thioether (sulfide) groups is 1. The van der Waals surface area contributed by atoms with Crippen LogP contribution in [0.25, 0.3) is 22.2 Å². The molecule has 1 amide bonds. The van der Waals surface area contributed by atoms with Gasteiger partial charge in [0.05, 0.1) is 24.2 Å². The molecule has 0 fully saturated rings. The van der Waals surface area contributed by atoms with Gasteiger partial charge in [-0.2, -0.15) is 0 Å². The van der Waals surface area contributed by atoms with Crippen molar-refractivity contribution in [1.82, 2.24) is 19.4 Å². The van der Waals surface area contributed by atoms with Gasteiger partial charge in [0.15, 0.2) is 0 Å². The molecule has 4 aromatic rings. The Morgan fingerprint density at radius 3 is 2.78 bits per heavy atom. The second-order valence-corrected chi connectivity index (χ2v) is 9.59. The van der Waals surface area contributed by atoms with Crippen molar-refractivity contribution in [3.8, 4) is 17.0 Å². The average molecular weight is 503 g/mol. The van der Waals surface area contributed by atoms with Gasteiger partial charge in [0, 0.05) is 53.1 Å². The standard InChI is InChI=1S/C27H30N6O2S/c1-6-26(34)29-22-15-21(24(35-5)16-25(22)36-14-13-32(2)3)31-27-28-12-11-20(30-27)19-17-33(4)23-10-8-7-9-18(19)23/h6-12,15-17H,1,13-14H2,2-5H3,(H,29,34)(H,28,30,31). The van der Waals surface area contributed by atoms with Crippen molar-refractivity contribution in [3.05, 3.63) is 67.5 Å². The first kappa shape index (κ1) is 25.3. The summed E-state index contributed by atoms with van der Waals surface area (Å²) >= 11 is 1.64. The summed E-state index contributed by atoms with van der Waals surface area (Å²) in [6.07, 6.45) is 5.05. The van der Waals surface area contributed by atoms with E-state index in [4.69, 9.17) is 9.72 Å².